The summed E-state index contributed by atoms with van der Waals surface area (Å²) in [6.45, 7) is 5.34. The van der Waals surface area contributed by atoms with Gasteiger partial charge in [-0.1, -0.05) is 90.8 Å². The Morgan fingerprint density at radius 2 is 1.60 bits per heavy atom. The molecule has 0 aliphatic rings. The zero-order valence-corrected chi connectivity index (χ0v) is 25.4. The van der Waals surface area contributed by atoms with Crippen molar-refractivity contribution in [1.82, 2.24) is 10.2 Å². The lowest BCUT2D eigenvalue weighted by Gasteiger charge is -2.34. The molecule has 1 N–H and O–H groups in total. The van der Waals surface area contributed by atoms with Crippen LogP contribution in [0.15, 0.2) is 72.8 Å². The smallest absolute Gasteiger partial charge is 0.244 e. The second-order valence-corrected chi connectivity index (χ2v) is 12.5. The van der Waals surface area contributed by atoms with E-state index in [1.54, 1.807) is 6.07 Å². The summed E-state index contributed by atoms with van der Waals surface area (Å²) in [5.74, 6) is -0.864. The van der Waals surface area contributed by atoms with E-state index in [1.165, 1.54) is 17.0 Å². The second-order valence-electron chi connectivity index (χ2n) is 9.81. The van der Waals surface area contributed by atoms with E-state index in [2.05, 4.69) is 5.32 Å². The van der Waals surface area contributed by atoms with Gasteiger partial charge in [-0.05, 0) is 49.1 Å². The average Bonchev–Trinajstić information content (AvgIpc) is 2.91. The summed E-state index contributed by atoms with van der Waals surface area (Å²) in [4.78, 5) is 29.3. The van der Waals surface area contributed by atoms with Gasteiger partial charge in [-0.25, -0.2) is 8.42 Å². The van der Waals surface area contributed by atoms with Crippen LogP contribution in [0, 0.1) is 6.92 Å². The lowest BCUT2D eigenvalue weighted by atomic mass is 10.0. The van der Waals surface area contributed by atoms with Gasteiger partial charge in [0.1, 0.15) is 12.6 Å². The number of rotatable bonds is 12. The quantitative estimate of drug-likeness (QED) is 0.291. The van der Waals surface area contributed by atoms with Crippen LogP contribution in [0.25, 0.3) is 0 Å². The molecule has 40 heavy (non-hydrogen) atoms. The molecule has 0 bridgehead atoms. The summed E-state index contributed by atoms with van der Waals surface area (Å²) in [6, 6.07) is 20.6. The molecule has 2 atom stereocenters. The van der Waals surface area contributed by atoms with Crippen LogP contribution < -0.4 is 9.62 Å². The van der Waals surface area contributed by atoms with Crippen LogP contribution >= 0.6 is 23.2 Å². The molecule has 10 heteroatoms. The van der Waals surface area contributed by atoms with Crippen LogP contribution in [-0.4, -0.2) is 50.0 Å². The van der Waals surface area contributed by atoms with Crippen LogP contribution in [0.5, 0.6) is 0 Å². The highest BCUT2D eigenvalue weighted by atomic mass is 35.5. The first kappa shape index (κ1) is 31.5. The number of hydrogen-bond donors (Lipinski definition) is 1. The zero-order chi connectivity index (χ0) is 29.4. The topological polar surface area (TPSA) is 86.8 Å². The maximum absolute atomic E-state index is 14.1. The third kappa shape index (κ3) is 8.22. The molecule has 0 radical (unpaired) electrons. The minimum absolute atomic E-state index is 0.0168. The largest absolute Gasteiger partial charge is 0.352 e. The summed E-state index contributed by atoms with van der Waals surface area (Å²) in [5, 5.41) is 3.19. The van der Waals surface area contributed by atoms with E-state index in [-0.39, 0.29) is 40.6 Å². The Kier molecular flexibility index (Phi) is 11.0. The maximum atomic E-state index is 14.1. The van der Waals surface area contributed by atoms with Gasteiger partial charge < -0.3 is 10.2 Å². The number of hydrogen-bond acceptors (Lipinski definition) is 4. The third-order valence-electron chi connectivity index (χ3n) is 6.75. The molecule has 0 aliphatic heterocycles. The molecule has 0 saturated carbocycles. The Morgan fingerprint density at radius 1 is 0.950 bits per heavy atom. The Labute approximate surface area is 247 Å². The molecule has 0 saturated heterocycles. The maximum Gasteiger partial charge on any atom is 0.244 e. The van der Waals surface area contributed by atoms with Gasteiger partial charge in [-0.15, -0.1) is 0 Å². The van der Waals surface area contributed by atoms with E-state index < -0.39 is 28.5 Å². The van der Waals surface area contributed by atoms with Gasteiger partial charge in [0, 0.05) is 19.0 Å². The van der Waals surface area contributed by atoms with E-state index >= 15 is 0 Å². The van der Waals surface area contributed by atoms with Crippen LogP contribution in [0.4, 0.5) is 5.69 Å². The standard InChI is InChI=1S/C30H35Cl2N3O4S/c1-5-22(3)33-30(37)27(18-23-13-7-6-8-14-23)34(19-24-15-10-9-12-21(24)2)28(36)20-35(40(4,38)39)26-17-11-16-25(31)29(26)32/h6-17,22,27H,5,18-20H2,1-4H3,(H,33,37). The average molecular weight is 605 g/mol. The molecule has 0 fully saturated rings. The van der Waals surface area contributed by atoms with E-state index in [0.29, 0.717) is 6.42 Å². The van der Waals surface area contributed by atoms with Crippen molar-refractivity contribution in [2.24, 2.45) is 0 Å². The van der Waals surface area contributed by atoms with Gasteiger partial charge in [-0.2, -0.15) is 0 Å². The number of amides is 2. The number of carbonyl (C=O) groups is 2. The first-order valence-corrected chi connectivity index (χ1v) is 15.6. The first-order valence-electron chi connectivity index (χ1n) is 13.0. The molecule has 0 aromatic heterocycles. The molecular formula is C30H35Cl2N3O4S. The molecule has 0 spiro atoms. The van der Waals surface area contributed by atoms with E-state index in [1.807, 2.05) is 75.4 Å². The summed E-state index contributed by atoms with van der Waals surface area (Å²) >= 11 is 12.5. The summed E-state index contributed by atoms with van der Waals surface area (Å²) in [5.41, 5.74) is 2.74. The SMILES string of the molecule is CCC(C)NC(=O)C(Cc1ccccc1)N(Cc1ccccc1C)C(=O)CN(c1cccc(Cl)c1Cl)S(C)(=O)=O. The second kappa shape index (κ2) is 14.0. The summed E-state index contributed by atoms with van der Waals surface area (Å²) < 4.78 is 26.8. The number of sulfonamides is 1. The van der Waals surface area contributed by atoms with Gasteiger partial charge in [0.2, 0.25) is 21.8 Å². The van der Waals surface area contributed by atoms with Gasteiger partial charge in [0.25, 0.3) is 0 Å². The van der Waals surface area contributed by atoms with Crippen LogP contribution in [-0.2, 0) is 32.6 Å². The Morgan fingerprint density at radius 3 is 2.23 bits per heavy atom. The van der Waals surface area contributed by atoms with Gasteiger partial charge in [-0.3, -0.25) is 13.9 Å². The van der Waals surface area contributed by atoms with Crippen molar-refractivity contribution in [3.05, 3.63) is 99.5 Å². The monoisotopic (exact) mass is 603 g/mol. The summed E-state index contributed by atoms with van der Waals surface area (Å²) in [7, 11) is -3.95. The molecule has 3 rings (SSSR count). The zero-order valence-electron chi connectivity index (χ0n) is 23.1. The fourth-order valence-electron chi connectivity index (χ4n) is 4.25. The normalized spacial score (nSPS) is 12.8. The molecule has 7 nitrogen and oxygen atoms in total. The molecule has 3 aromatic rings. The minimum atomic E-state index is -3.95. The van der Waals surface area contributed by atoms with Crippen LogP contribution in [0.2, 0.25) is 10.0 Å². The molecule has 214 valence electrons. The van der Waals surface area contributed by atoms with Crippen molar-refractivity contribution in [2.75, 3.05) is 17.1 Å². The van der Waals surface area contributed by atoms with Crippen molar-refractivity contribution in [2.45, 2.75) is 52.2 Å². The number of nitrogens with one attached hydrogen (secondary N) is 1. The Bertz CT molecular complexity index is 1430. The van der Waals surface area contributed by atoms with Crippen molar-refractivity contribution < 1.29 is 18.0 Å². The molecular weight excluding hydrogens is 569 g/mol. The molecule has 0 heterocycles. The Balaban J connectivity index is 2.10. The fraction of sp³-hybridized carbons (Fsp3) is 0.333. The van der Waals surface area contributed by atoms with Crippen LogP contribution in [0.1, 0.15) is 37.0 Å². The predicted octanol–water partition coefficient (Wildman–Crippen LogP) is 5.62. The lowest BCUT2D eigenvalue weighted by molar-refractivity contribution is -0.140. The lowest BCUT2D eigenvalue weighted by Crippen LogP contribution is -2.54. The summed E-state index contributed by atoms with van der Waals surface area (Å²) in [6.07, 6.45) is 1.96. The van der Waals surface area contributed by atoms with Gasteiger partial charge in [0.05, 0.1) is 22.0 Å². The first-order chi connectivity index (χ1) is 18.9. The third-order valence-corrected chi connectivity index (χ3v) is 8.69. The minimum Gasteiger partial charge on any atom is -0.352 e. The predicted molar refractivity (Wildman–Crippen MR) is 162 cm³/mol. The van der Waals surface area contributed by atoms with Crippen molar-refractivity contribution in [1.29, 1.82) is 0 Å². The Hall–Kier alpha value is -3.07. The van der Waals surface area contributed by atoms with E-state index in [0.717, 1.165) is 27.3 Å². The van der Waals surface area contributed by atoms with E-state index in [4.69, 9.17) is 23.2 Å². The van der Waals surface area contributed by atoms with Crippen LogP contribution in [0.3, 0.4) is 0 Å². The number of benzene rings is 3. The number of carbonyl (C=O) groups excluding carboxylic acids is 2. The van der Waals surface area contributed by atoms with Gasteiger partial charge >= 0.3 is 0 Å². The van der Waals surface area contributed by atoms with Gasteiger partial charge in [0.15, 0.2) is 0 Å². The highest BCUT2D eigenvalue weighted by Gasteiger charge is 2.34. The molecule has 0 aliphatic carbocycles. The number of aryl methyl sites for hydroxylation is 1. The highest BCUT2D eigenvalue weighted by Crippen LogP contribution is 2.34. The molecule has 2 amide bonds. The number of halogens is 2. The van der Waals surface area contributed by atoms with Crippen molar-refractivity contribution in [3.8, 4) is 0 Å². The van der Waals surface area contributed by atoms with E-state index in [9.17, 15) is 18.0 Å². The highest BCUT2D eigenvalue weighted by molar-refractivity contribution is 7.92. The molecule has 2 unspecified atom stereocenters. The van der Waals surface area contributed by atoms with Crippen molar-refractivity contribution in [3.63, 3.8) is 0 Å². The number of anilines is 1. The number of nitrogens with zero attached hydrogens (tertiary/aromatic N) is 2. The van der Waals surface area contributed by atoms with Crippen molar-refractivity contribution >= 4 is 50.7 Å². The fourth-order valence-corrected chi connectivity index (χ4v) is 5.55. The molecule has 3 aromatic carbocycles.